The van der Waals surface area contributed by atoms with Gasteiger partial charge in [-0.05, 0) is 31.4 Å². The summed E-state index contributed by atoms with van der Waals surface area (Å²) in [4.78, 5) is 4.21. The van der Waals surface area contributed by atoms with Crippen LogP contribution in [0, 0.1) is 11.6 Å². The smallest absolute Gasteiger partial charge is 0.230 e. The van der Waals surface area contributed by atoms with Crippen molar-refractivity contribution < 1.29 is 13.3 Å². The second-order valence-electron chi connectivity index (χ2n) is 4.88. The van der Waals surface area contributed by atoms with Gasteiger partial charge < -0.3 is 10.3 Å². The maximum atomic E-state index is 13.1. The lowest BCUT2D eigenvalue weighted by molar-refractivity contribution is 0.353. The van der Waals surface area contributed by atoms with Crippen molar-refractivity contribution in [3.05, 3.63) is 35.7 Å². The molecule has 1 aromatic carbocycles. The standard InChI is InChI=1S/C13H13F2N3O/c14-9-3-8(4-10(15)6-9)12-17-13(19-18-12)7-1-2-11(16)5-7/h3-4,6-7,11H,1-2,5,16H2. The second-order valence-corrected chi connectivity index (χ2v) is 4.88. The number of hydrogen-bond acceptors (Lipinski definition) is 4. The normalized spacial score (nSPS) is 22.9. The Kier molecular flexibility index (Phi) is 3.02. The summed E-state index contributed by atoms with van der Waals surface area (Å²) >= 11 is 0. The highest BCUT2D eigenvalue weighted by Gasteiger charge is 2.28. The van der Waals surface area contributed by atoms with Crippen LogP contribution in [-0.2, 0) is 0 Å². The molecule has 0 aliphatic heterocycles. The van der Waals surface area contributed by atoms with Gasteiger partial charge in [0.2, 0.25) is 11.7 Å². The SMILES string of the molecule is NC1CCC(c2nc(-c3cc(F)cc(F)c3)no2)C1. The predicted molar refractivity (Wildman–Crippen MR) is 64.2 cm³/mol. The van der Waals surface area contributed by atoms with E-state index in [2.05, 4.69) is 10.1 Å². The van der Waals surface area contributed by atoms with E-state index in [9.17, 15) is 8.78 Å². The first-order valence-corrected chi connectivity index (χ1v) is 6.17. The van der Waals surface area contributed by atoms with Crippen molar-refractivity contribution in [2.75, 3.05) is 0 Å². The number of nitrogens with zero attached hydrogens (tertiary/aromatic N) is 2. The molecule has 4 nitrogen and oxygen atoms in total. The van der Waals surface area contributed by atoms with E-state index in [4.69, 9.17) is 10.3 Å². The zero-order valence-electron chi connectivity index (χ0n) is 10.1. The molecule has 0 spiro atoms. The van der Waals surface area contributed by atoms with E-state index in [1.807, 2.05) is 0 Å². The molecule has 0 saturated heterocycles. The van der Waals surface area contributed by atoms with Crippen LogP contribution in [0.3, 0.4) is 0 Å². The van der Waals surface area contributed by atoms with Crippen LogP contribution >= 0.6 is 0 Å². The first kappa shape index (κ1) is 12.2. The summed E-state index contributed by atoms with van der Waals surface area (Å²) in [6.45, 7) is 0. The van der Waals surface area contributed by atoms with Crippen molar-refractivity contribution in [3.8, 4) is 11.4 Å². The highest BCUT2D eigenvalue weighted by atomic mass is 19.1. The van der Waals surface area contributed by atoms with E-state index in [-0.39, 0.29) is 23.3 Å². The minimum Gasteiger partial charge on any atom is -0.339 e. The summed E-state index contributed by atoms with van der Waals surface area (Å²) < 4.78 is 31.4. The fourth-order valence-electron chi connectivity index (χ4n) is 2.44. The molecule has 6 heteroatoms. The Hall–Kier alpha value is -1.82. The molecular weight excluding hydrogens is 252 g/mol. The zero-order valence-corrected chi connectivity index (χ0v) is 10.1. The van der Waals surface area contributed by atoms with E-state index in [0.717, 1.165) is 25.3 Å². The quantitative estimate of drug-likeness (QED) is 0.906. The molecule has 0 radical (unpaired) electrons. The van der Waals surface area contributed by atoms with Gasteiger partial charge >= 0.3 is 0 Å². The van der Waals surface area contributed by atoms with Gasteiger partial charge in [0.1, 0.15) is 11.6 Å². The van der Waals surface area contributed by atoms with Gasteiger partial charge in [-0.15, -0.1) is 0 Å². The van der Waals surface area contributed by atoms with Crippen LogP contribution in [0.1, 0.15) is 31.1 Å². The molecule has 1 fully saturated rings. The third kappa shape index (κ3) is 2.49. The summed E-state index contributed by atoms with van der Waals surface area (Å²) in [5.74, 6) is -0.482. The number of hydrogen-bond donors (Lipinski definition) is 1. The molecule has 0 amide bonds. The summed E-state index contributed by atoms with van der Waals surface area (Å²) in [5, 5.41) is 3.78. The van der Waals surface area contributed by atoms with Crippen LogP contribution in [0.2, 0.25) is 0 Å². The van der Waals surface area contributed by atoms with E-state index in [1.165, 1.54) is 12.1 Å². The number of aromatic nitrogens is 2. The van der Waals surface area contributed by atoms with Crippen molar-refractivity contribution in [2.45, 2.75) is 31.2 Å². The maximum Gasteiger partial charge on any atom is 0.230 e. The molecule has 2 aromatic rings. The van der Waals surface area contributed by atoms with Gasteiger partial charge in [-0.25, -0.2) is 8.78 Å². The largest absolute Gasteiger partial charge is 0.339 e. The van der Waals surface area contributed by atoms with Crippen molar-refractivity contribution in [1.29, 1.82) is 0 Å². The number of benzene rings is 1. The lowest BCUT2D eigenvalue weighted by Crippen LogP contribution is -2.14. The first-order chi connectivity index (χ1) is 9.11. The molecule has 1 aliphatic carbocycles. The minimum absolute atomic E-state index is 0.148. The van der Waals surface area contributed by atoms with Gasteiger partial charge in [0, 0.05) is 23.6 Å². The van der Waals surface area contributed by atoms with Gasteiger partial charge in [-0.1, -0.05) is 5.16 Å². The molecule has 3 rings (SSSR count). The maximum absolute atomic E-state index is 13.1. The number of rotatable bonds is 2. The average molecular weight is 265 g/mol. The lowest BCUT2D eigenvalue weighted by atomic mass is 10.1. The Labute approximate surface area is 108 Å². The molecule has 19 heavy (non-hydrogen) atoms. The third-order valence-corrected chi connectivity index (χ3v) is 3.38. The van der Waals surface area contributed by atoms with Crippen LogP contribution in [0.15, 0.2) is 22.7 Å². The van der Waals surface area contributed by atoms with E-state index in [0.29, 0.717) is 5.89 Å². The topological polar surface area (TPSA) is 64.9 Å². The van der Waals surface area contributed by atoms with Crippen molar-refractivity contribution in [3.63, 3.8) is 0 Å². The molecule has 2 N–H and O–H groups in total. The van der Waals surface area contributed by atoms with Gasteiger partial charge in [-0.2, -0.15) is 4.98 Å². The number of nitrogens with two attached hydrogens (primary N) is 1. The van der Waals surface area contributed by atoms with Gasteiger partial charge in [-0.3, -0.25) is 0 Å². The fourth-order valence-corrected chi connectivity index (χ4v) is 2.44. The van der Waals surface area contributed by atoms with Crippen LogP contribution in [-0.4, -0.2) is 16.2 Å². The summed E-state index contributed by atoms with van der Waals surface area (Å²) in [7, 11) is 0. The highest BCUT2D eigenvalue weighted by Crippen LogP contribution is 2.33. The minimum atomic E-state index is -0.663. The Morgan fingerprint density at radius 1 is 1.16 bits per heavy atom. The number of halogens is 2. The molecule has 1 heterocycles. The van der Waals surface area contributed by atoms with Crippen LogP contribution < -0.4 is 5.73 Å². The van der Waals surface area contributed by atoms with Crippen LogP contribution in [0.5, 0.6) is 0 Å². The summed E-state index contributed by atoms with van der Waals surface area (Å²) in [5.41, 5.74) is 6.10. The predicted octanol–water partition coefficient (Wildman–Crippen LogP) is 2.61. The Morgan fingerprint density at radius 2 is 1.89 bits per heavy atom. The monoisotopic (exact) mass is 265 g/mol. The molecule has 2 atom stereocenters. The summed E-state index contributed by atoms with van der Waals surface area (Å²) in [6.07, 6.45) is 2.64. The van der Waals surface area contributed by atoms with E-state index in [1.54, 1.807) is 0 Å². The molecule has 1 aliphatic rings. The second kappa shape index (κ2) is 4.70. The zero-order chi connectivity index (χ0) is 13.4. The molecule has 1 saturated carbocycles. The molecular formula is C13H13F2N3O. The Balaban J connectivity index is 1.88. The van der Waals surface area contributed by atoms with E-state index >= 15 is 0 Å². The van der Waals surface area contributed by atoms with E-state index < -0.39 is 11.6 Å². The van der Waals surface area contributed by atoms with Gasteiger partial charge in [0.25, 0.3) is 0 Å². The first-order valence-electron chi connectivity index (χ1n) is 6.17. The third-order valence-electron chi connectivity index (χ3n) is 3.38. The van der Waals surface area contributed by atoms with Gasteiger partial charge in [0.15, 0.2) is 0 Å². The van der Waals surface area contributed by atoms with Crippen molar-refractivity contribution in [2.24, 2.45) is 5.73 Å². The van der Waals surface area contributed by atoms with Crippen molar-refractivity contribution >= 4 is 0 Å². The molecule has 2 unspecified atom stereocenters. The molecule has 100 valence electrons. The summed E-state index contributed by atoms with van der Waals surface area (Å²) in [6, 6.07) is 3.32. The molecule has 0 bridgehead atoms. The lowest BCUT2D eigenvalue weighted by Gasteiger charge is -2.01. The fraction of sp³-hybridized carbons (Fsp3) is 0.385. The van der Waals surface area contributed by atoms with Crippen LogP contribution in [0.4, 0.5) is 8.78 Å². The van der Waals surface area contributed by atoms with Gasteiger partial charge in [0.05, 0.1) is 0 Å². The highest BCUT2D eigenvalue weighted by molar-refractivity contribution is 5.54. The van der Waals surface area contributed by atoms with Crippen molar-refractivity contribution in [1.82, 2.24) is 10.1 Å². The Bertz CT molecular complexity index is 579. The molecule has 1 aromatic heterocycles. The average Bonchev–Trinajstić information content (AvgIpc) is 2.95. The Morgan fingerprint density at radius 3 is 2.53 bits per heavy atom. The van der Waals surface area contributed by atoms with Crippen LogP contribution in [0.25, 0.3) is 11.4 Å².